The zero-order valence-corrected chi connectivity index (χ0v) is 12.3. The van der Waals surface area contributed by atoms with Crippen LogP contribution in [0.1, 0.15) is 5.56 Å². The van der Waals surface area contributed by atoms with Crippen molar-refractivity contribution in [3.8, 4) is 0 Å². The van der Waals surface area contributed by atoms with Gasteiger partial charge in [-0.15, -0.1) is 0 Å². The number of nitrogens with zero attached hydrogens (tertiary/aromatic N) is 1. The van der Waals surface area contributed by atoms with Crippen LogP contribution < -0.4 is 10.0 Å². The van der Waals surface area contributed by atoms with E-state index in [1.165, 1.54) is 31.3 Å². The minimum Gasteiger partial charge on any atom is -0.399 e. The largest absolute Gasteiger partial charge is 0.416 e. The van der Waals surface area contributed by atoms with Crippen molar-refractivity contribution in [1.29, 1.82) is 0 Å². The molecule has 0 amide bonds. The number of nitrogens with two attached hydrogens (primary N) is 1. The van der Waals surface area contributed by atoms with Gasteiger partial charge >= 0.3 is 6.18 Å². The van der Waals surface area contributed by atoms with Crippen molar-refractivity contribution in [2.45, 2.75) is 11.1 Å². The van der Waals surface area contributed by atoms with Crippen LogP contribution in [0.2, 0.25) is 0 Å². The summed E-state index contributed by atoms with van der Waals surface area (Å²) >= 11 is 0. The van der Waals surface area contributed by atoms with E-state index in [-0.39, 0.29) is 10.6 Å². The highest BCUT2D eigenvalue weighted by Gasteiger charge is 2.30. The van der Waals surface area contributed by atoms with Gasteiger partial charge < -0.3 is 5.73 Å². The molecule has 0 bridgehead atoms. The fraction of sp³-hybridized carbons (Fsp3) is 0.143. The summed E-state index contributed by atoms with van der Waals surface area (Å²) in [5.74, 6) is 0. The number of sulfonamides is 1. The van der Waals surface area contributed by atoms with Crippen LogP contribution in [0.4, 0.5) is 24.5 Å². The molecule has 0 aliphatic rings. The molecule has 0 unspecified atom stereocenters. The van der Waals surface area contributed by atoms with Gasteiger partial charge in [-0.3, -0.25) is 4.31 Å². The Morgan fingerprint density at radius 3 is 1.91 bits per heavy atom. The molecule has 0 spiro atoms. The fourth-order valence-corrected chi connectivity index (χ4v) is 2.99. The standard InChI is InChI=1S/C14H13F3N2O2S/c1-19(12-6-2-10(3-7-12)14(15,16)17)22(20,21)13-8-4-11(18)5-9-13/h2-9H,18H2,1H3. The minimum absolute atomic E-state index is 0.00379. The van der Waals surface area contributed by atoms with Crippen LogP contribution >= 0.6 is 0 Å². The molecule has 0 saturated carbocycles. The Labute approximate surface area is 126 Å². The summed E-state index contributed by atoms with van der Waals surface area (Å²) < 4.78 is 63.2. The number of hydrogen-bond donors (Lipinski definition) is 1. The molecular weight excluding hydrogens is 317 g/mol. The zero-order valence-electron chi connectivity index (χ0n) is 11.5. The van der Waals surface area contributed by atoms with Crippen molar-refractivity contribution in [1.82, 2.24) is 0 Å². The molecule has 4 nitrogen and oxygen atoms in total. The predicted octanol–water partition coefficient (Wildman–Crippen LogP) is 3.11. The molecule has 0 saturated heterocycles. The van der Waals surface area contributed by atoms with E-state index < -0.39 is 21.8 Å². The molecule has 0 aliphatic heterocycles. The number of alkyl halides is 3. The van der Waals surface area contributed by atoms with Crippen LogP contribution in [0.15, 0.2) is 53.4 Å². The lowest BCUT2D eigenvalue weighted by Gasteiger charge is -2.20. The van der Waals surface area contributed by atoms with Crippen molar-refractivity contribution < 1.29 is 21.6 Å². The van der Waals surface area contributed by atoms with Gasteiger partial charge in [-0.25, -0.2) is 8.42 Å². The Morgan fingerprint density at radius 2 is 1.45 bits per heavy atom. The van der Waals surface area contributed by atoms with E-state index in [1.807, 2.05) is 0 Å². The van der Waals surface area contributed by atoms with Crippen molar-refractivity contribution in [3.63, 3.8) is 0 Å². The summed E-state index contributed by atoms with van der Waals surface area (Å²) in [6.45, 7) is 0. The maximum Gasteiger partial charge on any atom is 0.416 e. The molecule has 2 rings (SSSR count). The summed E-state index contributed by atoms with van der Waals surface area (Å²) in [5, 5.41) is 0. The van der Waals surface area contributed by atoms with Crippen LogP contribution in [0, 0.1) is 0 Å². The zero-order chi connectivity index (χ0) is 16.5. The first-order valence-electron chi connectivity index (χ1n) is 6.14. The molecule has 0 aliphatic carbocycles. The van der Waals surface area contributed by atoms with Crippen LogP contribution in [0.5, 0.6) is 0 Å². The molecule has 0 atom stereocenters. The molecule has 0 radical (unpaired) electrons. The molecule has 118 valence electrons. The third-order valence-corrected chi connectivity index (χ3v) is 4.90. The summed E-state index contributed by atoms with van der Waals surface area (Å²) in [5.41, 5.74) is 5.20. The van der Waals surface area contributed by atoms with Gasteiger partial charge in [-0.05, 0) is 48.5 Å². The molecule has 0 fully saturated rings. The Hall–Kier alpha value is -2.22. The normalized spacial score (nSPS) is 12.2. The van der Waals surface area contributed by atoms with E-state index in [0.29, 0.717) is 5.69 Å². The van der Waals surface area contributed by atoms with E-state index in [2.05, 4.69) is 0 Å². The average Bonchev–Trinajstić information content (AvgIpc) is 2.46. The van der Waals surface area contributed by atoms with E-state index in [1.54, 1.807) is 0 Å². The molecule has 0 heterocycles. The molecular formula is C14H13F3N2O2S. The average molecular weight is 330 g/mol. The molecule has 0 aromatic heterocycles. The van der Waals surface area contributed by atoms with Crippen LogP contribution in [0.25, 0.3) is 0 Å². The number of benzene rings is 2. The Kier molecular flexibility index (Phi) is 4.06. The first-order valence-corrected chi connectivity index (χ1v) is 7.58. The predicted molar refractivity (Wildman–Crippen MR) is 77.9 cm³/mol. The maximum absolute atomic E-state index is 12.5. The number of hydrogen-bond acceptors (Lipinski definition) is 3. The van der Waals surface area contributed by atoms with Gasteiger partial charge in [0.25, 0.3) is 10.0 Å². The summed E-state index contributed by atoms with van der Waals surface area (Å²) in [7, 11) is -2.59. The number of halogens is 3. The van der Waals surface area contributed by atoms with Crippen molar-refractivity contribution in [2.24, 2.45) is 0 Å². The van der Waals surface area contributed by atoms with Gasteiger partial charge in [0, 0.05) is 12.7 Å². The van der Waals surface area contributed by atoms with E-state index in [0.717, 1.165) is 28.6 Å². The summed E-state index contributed by atoms with van der Waals surface area (Å²) in [6, 6.07) is 9.45. The fourth-order valence-electron chi connectivity index (χ4n) is 1.80. The lowest BCUT2D eigenvalue weighted by atomic mass is 10.2. The second kappa shape index (κ2) is 5.53. The number of anilines is 2. The third-order valence-electron chi connectivity index (χ3n) is 3.10. The lowest BCUT2D eigenvalue weighted by molar-refractivity contribution is -0.137. The highest BCUT2D eigenvalue weighted by Crippen LogP contribution is 2.31. The van der Waals surface area contributed by atoms with Crippen LogP contribution in [-0.2, 0) is 16.2 Å². The Morgan fingerprint density at radius 1 is 0.955 bits per heavy atom. The number of nitrogen functional groups attached to an aromatic ring is 1. The van der Waals surface area contributed by atoms with Gasteiger partial charge in [-0.2, -0.15) is 13.2 Å². The first kappa shape index (κ1) is 16.2. The quantitative estimate of drug-likeness (QED) is 0.880. The molecule has 22 heavy (non-hydrogen) atoms. The topological polar surface area (TPSA) is 63.4 Å². The highest BCUT2D eigenvalue weighted by molar-refractivity contribution is 7.92. The van der Waals surface area contributed by atoms with Crippen LogP contribution in [-0.4, -0.2) is 15.5 Å². The third kappa shape index (κ3) is 3.16. The van der Waals surface area contributed by atoms with E-state index in [9.17, 15) is 21.6 Å². The SMILES string of the molecule is CN(c1ccc(C(F)(F)F)cc1)S(=O)(=O)c1ccc(N)cc1. The Bertz CT molecular complexity index is 754. The second-order valence-electron chi connectivity index (χ2n) is 4.59. The van der Waals surface area contributed by atoms with Gasteiger partial charge in [0.2, 0.25) is 0 Å². The van der Waals surface area contributed by atoms with Gasteiger partial charge in [-0.1, -0.05) is 0 Å². The van der Waals surface area contributed by atoms with Crippen molar-refractivity contribution >= 4 is 21.4 Å². The van der Waals surface area contributed by atoms with E-state index >= 15 is 0 Å². The van der Waals surface area contributed by atoms with Crippen molar-refractivity contribution in [2.75, 3.05) is 17.1 Å². The minimum atomic E-state index is -4.47. The molecule has 2 aromatic rings. The molecule has 8 heteroatoms. The van der Waals surface area contributed by atoms with Crippen LogP contribution in [0.3, 0.4) is 0 Å². The summed E-state index contributed by atoms with van der Waals surface area (Å²) in [6.07, 6.45) is -4.47. The monoisotopic (exact) mass is 330 g/mol. The first-order chi connectivity index (χ1) is 10.1. The van der Waals surface area contributed by atoms with E-state index in [4.69, 9.17) is 5.73 Å². The lowest BCUT2D eigenvalue weighted by Crippen LogP contribution is -2.26. The smallest absolute Gasteiger partial charge is 0.399 e. The van der Waals surface area contributed by atoms with Gasteiger partial charge in [0.05, 0.1) is 16.1 Å². The van der Waals surface area contributed by atoms with Gasteiger partial charge in [0.1, 0.15) is 0 Å². The second-order valence-corrected chi connectivity index (χ2v) is 6.56. The maximum atomic E-state index is 12.5. The summed E-state index contributed by atoms with van der Waals surface area (Å²) in [4.78, 5) is 0.00379. The number of rotatable bonds is 3. The molecule has 2 aromatic carbocycles. The van der Waals surface area contributed by atoms with Gasteiger partial charge in [0.15, 0.2) is 0 Å². The Balaban J connectivity index is 2.34. The highest BCUT2D eigenvalue weighted by atomic mass is 32.2. The van der Waals surface area contributed by atoms with Crippen molar-refractivity contribution in [3.05, 3.63) is 54.1 Å². The molecule has 2 N–H and O–H groups in total.